The Labute approximate surface area is 188 Å². The molecule has 0 amide bonds. The molecular weight excluding hydrogens is 428 g/mol. The van der Waals surface area contributed by atoms with Crippen molar-refractivity contribution in [2.24, 2.45) is 23.7 Å². The Morgan fingerprint density at radius 2 is 1.77 bits per heavy atom. The third-order valence-electron chi connectivity index (χ3n) is 5.48. The normalized spacial score (nSPS) is 29.8. The van der Waals surface area contributed by atoms with Crippen molar-refractivity contribution in [3.8, 4) is 0 Å². The molecule has 1 aliphatic carbocycles. The van der Waals surface area contributed by atoms with Crippen molar-refractivity contribution < 1.29 is 38.4 Å². The van der Waals surface area contributed by atoms with Crippen molar-refractivity contribution in [1.29, 1.82) is 0 Å². The molecule has 0 saturated heterocycles. The first-order chi connectivity index (χ1) is 14.5. The summed E-state index contributed by atoms with van der Waals surface area (Å²) in [6.45, 7) is 8.81. The van der Waals surface area contributed by atoms with Gasteiger partial charge < -0.3 is 24.1 Å². The first-order valence-electron chi connectivity index (χ1n) is 10.6. The van der Waals surface area contributed by atoms with E-state index >= 15 is 0 Å². The van der Waals surface area contributed by atoms with Gasteiger partial charge in [0.25, 0.3) is 0 Å². The van der Waals surface area contributed by atoms with Gasteiger partial charge in [-0.2, -0.15) is 0 Å². The predicted octanol–water partition coefficient (Wildman–Crippen LogP) is 2.94. The number of esters is 3. The molecule has 0 aromatic rings. The fraction of sp³-hybridized carbons (Fsp3) is 0.773. The first kappa shape index (κ1) is 25.5. The van der Waals surface area contributed by atoms with Crippen LogP contribution in [0.25, 0.3) is 0 Å². The molecule has 5 unspecified atom stereocenters. The van der Waals surface area contributed by atoms with Crippen LogP contribution in [0.1, 0.15) is 53.9 Å². The summed E-state index contributed by atoms with van der Waals surface area (Å²) >= 11 is 6.12. The molecule has 0 radical (unpaired) electrons. The average molecular weight is 461 g/mol. The lowest BCUT2D eigenvalue weighted by atomic mass is 9.81. The molecule has 2 aliphatic rings. The van der Waals surface area contributed by atoms with Crippen LogP contribution >= 0.6 is 11.6 Å². The van der Waals surface area contributed by atoms with Crippen LogP contribution in [0.15, 0.2) is 11.8 Å². The van der Waals surface area contributed by atoms with E-state index in [9.17, 15) is 19.5 Å². The molecule has 0 aromatic carbocycles. The molecule has 1 N–H and O–H groups in total. The van der Waals surface area contributed by atoms with E-state index < -0.39 is 41.8 Å². The lowest BCUT2D eigenvalue weighted by molar-refractivity contribution is -0.211. The molecule has 0 aromatic heterocycles. The largest absolute Gasteiger partial charge is 0.462 e. The number of halogens is 1. The minimum Gasteiger partial charge on any atom is -0.462 e. The van der Waals surface area contributed by atoms with Gasteiger partial charge in [-0.3, -0.25) is 14.4 Å². The molecule has 9 heteroatoms. The Hall–Kier alpha value is -1.80. The van der Waals surface area contributed by atoms with Gasteiger partial charge in [0.15, 0.2) is 0 Å². The van der Waals surface area contributed by atoms with Crippen LogP contribution < -0.4 is 0 Å². The highest BCUT2D eigenvalue weighted by molar-refractivity contribution is 6.18. The average Bonchev–Trinajstić information content (AvgIpc) is 2.93. The van der Waals surface area contributed by atoms with Crippen LogP contribution in [-0.2, 0) is 33.3 Å². The standard InChI is InChI=1S/C22H33ClO8/c1-12(2)6-18(25)28-9-15-10-29-21(31-19(26)7-13(3)4)20-16(15)8-17(30-14(5)24)22(20,27)11-23/h10,12-13,16-17,20-21,27H,6-9,11H2,1-5H3. The summed E-state index contributed by atoms with van der Waals surface area (Å²) in [6, 6.07) is 0. The number of carbonyl (C=O) groups is 3. The maximum Gasteiger partial charge on any atom is 0.309 e. The lowest BCUT2D eigenvalue weighted by Crippen LogP contribution is -2.53. The van der Waals surface area contributed by atoms with E-state index in [2.05, 4.69) is 0 Å². The van der Waals surface area contributed by atoms with Gasteiger partial charge in [0, 0.05) is 31.3 Å². The van der Waals surface area contributed by atoms with Gasteiger partial charge >= 0.3 is 17.9 Å². The first-order valence-corrected chi connectivity index (χ1v) is 11.2. The number of ether oxygens (including phenoxy) is 4. The second-order valence-corrected chi connectivity index (χ2v) is 9.40. The maximum absolute atomic E-state index is 12.3. The minimum absolute atomic E-state index is 0.0372. The summed E-state index contributed by atoms with van der Waals surface area (Å²) in [5.74, 6) is -2.58. The van der Waals surface area contributed by atoms with Crippen molar-refractivity contribution in [2.45, 2.75) is 71.9 Å². The highest BCUT2D eigenvalue weighted by Gasteiger charge is 2.62. The van der Waals surface area contributed by atoms with Crippen LogP contribution in [0, 0.1) is 23.7 Å². The number of alkyl halides is 1. The van der Waals surface area contributed by atoms with Gasteiger partial charge in [-0.05, 0) is 18.3 Å². The van der Waals surface area contributed by atoms with Crippen molar-refractivity contribution in [1.82, 2.24) is 0 Å². The van der Waals surface area contributed by atoms with E-state index in [1.165, 1.54) is 13.2 Å². The van der Waals surface area contributed by atoms with E-state index in [4.69, 9.17) is 30.5 Å². The zero-order chi connectivity index (χ0) is 23.3. The van der Waals surface area contributed by atoms with Crippen LogP contribution in [-0.4, -0.2) is 53.5 Å². The quantitative estimate of drug-likeness (QED) is 0.318. The summed E-state index contributed by atoms with van der Waals surface area (Å²) < 4.78 is 21.9. The third kappa shape index (κ3) is 6.35. The fourth-order valence-corrected chi connectivity index (χ4v) is 4.46. The Balaban J connectivity index is 2.27. The van der Waals surface area contributed by atoms with Crippen molar-refractivity contribution in [2.75, 3.05) is 12.5 Å². The number of carbonyl (C=O) groups excluding carboxylic acids is 3. The molecule has 2 rings (SSSR count). The van der Waals surface area contributed by atoms with Gasteiger partial charge in [0.1, 0.15) is 18.3 Å². The highest BCUT2D eigenvalue weighted by atomic mass is 35.5. The van der Waals surface area contributed by atoms with E-state index in [0.717, 1.165) is 0 Å². The van der Waals surface area contributed by atoms with Crippen LogP contribution in [0.4, 0.5) is 0 Å². The van der Waals surface area contributed by atoms with Gasteiger partial charge in [0.05, 0.1) is 18.1 Å². The van der Waals surface area contributed by atoms with E-state index in [1.807, 2.05) is 27.7 Å². The molecule has 5 atom stereocenters. The van der Waals surface area contributed by atoms with E-state index in [1.54, 1.807) is 0 Å². The minimum atomic E-state index is -1.68. The van der Waals surface area contributed by atoms with Crippen LogP contribution in [0.2, 0.25) is 0 Å². The number of hydrogen-bond donors (Lipinski definition) is 1. The monoisotopic (exact) mass is 460 g/mol. The number of fused-ring (bicyclic) bond motifs is 1. The number of rotatable bonds is 9. The van der Waals surface area contributed by atoms with Crippen molar-refractivity contribution >= 4 is 29.5 Å². The molecule has 1 saturated carbocycles. The topological polar surface area (TPSA) is 108 Å². The van der Waals surface area contributed by atoms with Gasteiger partial charge in [0.2, 0.25) is 6.29 Å². The van der Waals surface area contributed by atoms with Gasteiger partial charge in [-0.25, -0.2) is 0 Å². The van der Waals surface area contributed by atoms with Crippen LogP contribution in [0.3, 0.4) is 0 Å². The molecule has 0 bridgehead atoms. The molecular formula is C22H33ClO8. The van der Waals surface area contributed by atoms with E-state index in [0.29, 0.717) is 5.57 Å². The van der Waals surface area contributed by atoms with Crippen molar-refractivity contribution in [3.05, 3.63) is 11.8 Å². The van der Waals surface area contributed by atoms with Crippen LogP contribution in [0.5, 0.6) is 0 Å². The molecule has 1 aliphatic heterocycles. The Kier molecular flexibility index (Phi) is 8.77. The molecule has 176 valence electrons. The lowest BCUT2D eigenvalue weighted by Gasteiger charge is -2.40. The second kappa shape index (κ2) is 10.7. The second-order valence-electron chi connectivity index (χ2n) is 9.13. The highest BCUT2D eigenvalue weighted by Crippen LogP contribution is 2.51. The Morgan fingerprint density at radius 1 is 1.16 bits per heavy atom. The van der Waals surface area contributed by atoms with Gasteiger partial charge in [-0.15, -0.1) is 11.6 Å². The van der Waals surface area contributed by atoms with E-state index in [-0.39, 0.29) is 49.6 Å². The zero-order valence-electron chi connectivity index (χ0n) is 18.8. The summed E-state index contributed by atoms with van der Waals surface area (Å²) in [5.41, 5.74) is -1.07. The SMILES string of the molecule is CC(=O)OC1CC2C(COC(=O)CC(C)C)=COC(OC(=O)CC(C)C)C2C1(O)CCl. The molecule has 8 nitrogen and oxygen atoms in total. The van der Waals surface area contributed by atoms with Gasteiger partial charge in [-0.1, -0.05) is 27.7 Å². The molecule has 1 heterocycles. The number of aliphatic hydroxyl groups is 1. The summed E-state index contributed by atoms with van der Waals surface area (Å²) in [5, 5.41) is 11.4. The molecule has 1 fully saturated rings. The summed E-state index contributed by atoms with van der Waals surface area (Å²) in [4.78, 5) is 35.9. The zero-order valence-corrected chi connectivity index (χ0v) is 19.5. The molecule has 31 heavy (non-hydrogen) atoms. The third-order valence-corrected chi connectivity index (χ3v) is 5.91. The smallest absolute Gasteiger partial charge is 0.309 e. The fourth-order valence-electron chi connectivity index (χ4n) is 4.11. The van der Waals surface area contributed by atoms with Crippen molar-refractivity contribution in [3.63, 3.8) is 0 Å². The number of hydrogen-bond acceptors (Lipinski definition) is 8. The maximum atomic E-state index is 12.3. The Bertz CT molecular complexity index is 704. The Morgan fingerprint density at radius 3 is 2.32 bits per heavy atom. The summed E-state index contributed by atoms with van der Waals surface area (Å²) in [7, 11) is 0. The summed E-state index contributed by atoms with van der Waals surface area (Å²) in [6.07, 6.45) is 0.0907. The predicted molar refractivity (Wildman–Crippen MR) is 112 cm³/mol. The molecule has 0 spiro atoms.